The van der Waals surface area contributed by atoms with Crippen molar-refractivity contribution < 1.29 is 17.1 Å². The molecule has 0 unspecified atom stereocenters. The maximum absolute atomic E-state index is 3.78. The van der Waals surface area contributed by atoms with Crippen LogP contribution in [0.1, 0.15) is 61.8 Å². The first kappa shape index (κ1) is 42.6. The average Bonchev–Trinajstić information content (AvgIpc) is 4.07. The van der Waals surface area contributed by atoms with Gasteiger partial charge in [-0.25, -0.2) is 0 Å². The van der Waals surface area contributed by atoms with E-state index < -0.39 is 0 Å². The molecule has 0 bridgehead atoms. The van der Waals surface area contributed by atoms with E-state index in [4.69, 9.17) is 0 Å². The van der Waals surface area contributed by atoms with Crippen molar-refractivity contribution in [2.75, 3.05) is 54.4 Å². The molecule has 8 nitrogen and oxygen atoms in total. The molecule has 0 aromatic heterocycles. The molecular formula is C51H56FeN8. The fraction of sp³-hybridized carbons (Fsp3) is 0.255. The predicted molar refractivity (Wildman–Crippen MR) is 248 cm³/mol. The van der Waals surface area contributed by atoms with Gasteiger partial charge in [-0.3, -0.25) is 0 Å². The smallest absolute Gasteiger partial charge is 0.508 e. The van der Waals surface area contributed by atoms with E-state index in [0.29, 0.717) is 0 Å². The molecule has 0 atom stereocenters. The molecule has 0 saturated carbocycles. The summed E-state index contributed by atoms with van der Waals surface area (Å²) in [6.45, 7) is 24.0. The van der Waals surface area contributed by atoms with Crippen molar-refractivity contribution in [3.63, 3.8) is 0 Å². The Morgan fingerprint density at radius 1 is 0.500 bits per heavy atom. The second-order valence-corrected chi connectivity index (χ2v) is 15.8. The van der Waals surface area contributed by atoms with Crippen LogP contribution in [-0.4, -0.2) is 25.0 Å². The molecule has 5 aromatic rings. The molecule has 0 aliphatic carbocycles. The van der Waals surface area contributed by atoms with Crippen LogP contribution in [0.4, 0.5) is 51.2 Å². The number of aryl methyl sites for hydroxylation is 4. The Balaban J connectivity index is 0.000000181. The summed E-state index contributed by atoms with van der Waals surface area (Å²) in [5.41, 5.74) is 15.5. The van der Waals surface area contributed by atoms with Gasteiger partial charge in [-0.15, -0.1) is 53.4 Å². The first-order valence-corrected chi connectivity index (χ1v) is 21.0. The van der Waals surface area contributed by atoms with E-state index in [0.717, 1.165) is 41.5 Å². The number of fused-ring (bicyclic) bond motifs is 2. The van der Waals surface area contributed by atoms with E-state index in [1.165, 1.54) is 70.7 Å². The van der Waals surface area contributed by atoms with Gasteiger partial charge in [0.1, 0.15) is 0 Å². The minimum absolute atomic E-state index is 0. The fourth-order valence-electron chi connectivity index (χ4n) is 7.89. The zero-order valence-electron chi connectivity index (χ0n) is 36.0. The van der Waals surface area contributed by atoms with E-state index in [1.807, 2.05) is 18.2 Å². The van der Waals surface area contributed by atoms with Gasteiger partial charge in [0, 0.05) is 28.4 Å². The zero-order chi connectivity index (χ0) is 41.0. The summed E-state index contributed by atoms with van der Waals surface area (Å²) in [7, 11) is 2.07. The summed E-state index contributed by atoms with van der Waals surface area (Å²) in [4.78, 5) is 17.7. The number of nitrogens with zero attached hydrogens (tertiary/aromatic N) is 8. The molecule has 0 spiro atoms. The van der Waals surface area contributed by atoms with Gasteiger partial charge in [0.15, 0.2) is 0 Å². The molecule has 0 radical (unpaired) electrons. The summed E-state index contributed by atoms with van der Waals surface area (Å²) in [5, 5.41) is 0. The van der Waals surface area contributed by atoms with Crippen LogP contribution in [0.2, 0.25) is 0 Å². The van der Waals surface area contributed by atoms with Crippen molar-refractivity contribution in [2.24, 2.45) is 0 Å². The molecule has 9 heteroatoms. The van der Waals surface area contributed by atoms with Crippen LogP contribution < -0.4 is 34.3 Å². The van der Waals surface area contributed by atoms with Crippen molar-refractivity contribution in [1.29, 1.82) is 0 Å². The van der Waals surface area contributed by atoms with E-state index in [9.17, 15) is 0 Å². The number of para-hydroxylation sites is 3. The molecule has 0 N–H and O–H groups in total. The zero-order valence-corrected chi connectivity index (χ0v) is 37.1. The fourth-order valence-corrected chi connectivity index (χ4v) is 7.89. The molecular weight excluding hydrogens is 780 g/mol. The van der Waals surface area contributed by atoms with Gasteiger partial charge in [-0.1, -0.05) is 82.2 Å². The van der Waals surface area contributed by atoms with Crippen molar-refractivity contribution >= 4 is 51.2 Å². The molecule has 9 rings (SSSR count). The van der Waals surface area contributed by atoms with Gasteiger partial charge >= 0.3 is 17.1 Å². The van der Waals surface area contributed by atoms with E-state index in [2.05, 4.69) is 224 Å². The predicted octanol–water partition coefficient (Wildman–Crippen LogP) is 12.2. The Hall–Kier alpha value is -5.50. The Bertz CT molecular complexity index is 2310. The summed E-state index contributed by atoms with van der Waals surface area (Å²) >= 11 is 0. The Morgan fingerprint density at radius 3 is 1.92 bits per heavy atom. The van der Waals surface area contributed by atoms with Crippen molar-refractivity contribution in [1.82, 2.24) is 4.90 Å². The van der Waals surface area contributed by atoms with Gasteiger partial charge in [-0.2, -0.15) is 32.1 Å². The number of rotatable bonds is 11. The second kappa shape index (κ2) is 18.8. The topological polar surface area (TPSA) is 25.9 Å². The number of anilines is 9. The first-order chi connectivity index (χ1) is 28.7. The van der Waals surface area contributed by atoms with Crippen LogP contribution in [0.3, 0.4) is 0 Å². The number of unbranched alkanes of at least 4 members (excludes halogenated alkanes) is 2. The molecule has 4 aliphatic heterocycles. The monoisotopic (exact) mass is 836 g/mol. The van der Waals surface area contributed by atoms with E-state index in [-0.39, 0.29) is 17.1 Å². The van der Waals surface area contributed by atoms with Crippen molar-refractivity contribution in [3.8, 4) is 0 Å². The van der Waals surface area contributed by atoms with Crippen LogP contribution in [0.15, 0.2) is 116 Å². The van der Waals surface area contributed by atoms with Crippen LogP contribution in [-0.2, 0) is 17.1 Å². The largest absolute Gasteiger partial charge is 6.00 e. The standard InChI is InChI=1S/C28H37N4.C23H19N4.Fe/c1-7-9-11-29-13-14-31(19-29)25-18-26(24(6)15-23(25)5)32-20-30(12-10-8-2)27-16-21(3)22(4)17-28(27)32;1-24-17-27(23-13-6-5-12-22(23)24)21-11-7-10-20(16-21)26-15-14-25(18-26)19-8-3-2-4-9-19;/h13-17,19-20H,7-12H2,1-6H3;2-15,17-18H,1H3;/q2*-3;+6. The Kier molecular flexibility index (Phi) is 13.4. The second-order valence-electron chi connectivity index (χ2n) is 15.8. The van der Waals surface area contributed by atoms with Crippen LogP contribution >= 0.6 is 0 Å². The molecule has 4 heterocycles. The van der Waals surface area contributed by atoms with Crippen LogP contribution in [0, 0.1) is 66.5 Å². The SMILES string of the molecule is CCCCN1C=CN(c2[c-]c(N3[CH-]N(CCCC)c4cc(C)c(C)cc43)c(C)cc2C)[CH-]1.CN1[CH-]N(c2[c-]c(N3C=CN(c4ccccc4)[CH-]3)ccc2)c2ccccc21.[Fe+6]. The molecule has 60 heavy (non-hydrogen) atoms. The molecule has 4 aliphatic rings. The van der Waals surface area contributed by atoms with Crippen molar-refractivity contribution in [2.45, 2.75) is 67.2 Å². The third-order valence-electron chi connectivity index (χ3n) is 11.3. The minimum Gasteiger partial charge on any atom is -0.508 e. The molecule has 0 fully saturated rings. The van der Waals surface area contributed by atoms with E-state index >= 15 is 0 Å². The third kappa shape index (κ3) is 8.84. The number of hydrogen-bond acceptors (Lipinski definition) is 8. The van der Waals surface area contributed by atoms with Gasteiger partial charge in [0.2, 0.25) is 0 Å². The van der Waals surface area contributed by atoms with Crippen LogP contribution in [0.25, 0.3) is 0 Å². The summed E-state index contributed by atoms with van der Waals surface area (Å²) in [6, 6.07) is 39.2. The molecule has 308 valence electrons. The first-order valence-electron chi connectivity index (χ1n) is 21.0. The molecule has 5 aromatic carbocycles. The minimum atomic E-state index is 0. The average molecular weight is 837 g/mol. The van der Waals surface area contributed by atoms with Crippen molar-refractivity contribution in [3.05, 3.63) is 177 Å². The Labute approximate surface area is 370 Å². The third-order valence-corrected chi connectivity index (χ3v) is 11.3. The van der Waals surface area contributed by atoms with Gasteiger partial charge < -0.3 is 39.2 Å². The number of hydrogen-bond donors (Lipinski definition) is 0. The summed E-state index contributed by atoms with van der Waals surface area (Å²) in [6.07, 6.45) is 13.2. The molecule has 0 saturated heterocycles. The summed E-state index contributed by atoms with van der Waals surface area (Å²) in [5.74, 6) is 0. The maximum Gasteiger partial charge on any atom is 6.00 e. The Morgan fingerprint density at radius 2 is 1.15 bits per heavy atom. The quantitative estimate of drug-likeness (QED) is 0.0959. The van der Waals surface area contributed by atoms with Gasteiger partial charge in [0.25, 0.3) is 0 Å². The van der Waals surface area contributed by atoms with Gasteiger partial charge in [0.05, 0.1) is 0 Å². The normalized spacial score (nSPS) is 15.2. The summed E-state index contributed by atoms with van der Waals surface area (Å²) < 4.78 is 0. The number of benzene rings is 5. The van der Waals surface area contributed by atoms with E-state index in [1.54, 1.807) is 0 Å². The van der Waals surface area contributed by atoms with Gasteiger partial charge in [-0.05, 0) is 119 Å². The maximum atomic E-state index is 3.78. The van der Waals surface area contributed by atoms with Crippen LogP contribution in [0.5, 0.6) is 0 Å². The molecule has 0 amide bonds.